The van der Waals surface area contributed by atoms with E-state index in [-0.39, 0.29) is 0 Å². The number of aryl methyl sites for hydroxylation is 2. The second-order valence-electron chi connectivity index (χ2n) is 5.88. The van der Waals surface area contributed by atoms with Crippen molar-refractivity contribution < 1.29 is 0 Å². The Hall–Kier alpha value is -1.60. The molecule has 2 rings (SSSR count). The van der Waals surface area contributed by atoms with Crippen LogP contribution in [-0.4, -0.2) is 0 Å². The van der Waals surface area contributed by atoms with E-state index < -0.39 is 0 Å². The van der Waals surface area contributed by atoms with Gasteiger partial charge >= 0.3 is 0 Å². The molecule has 0 radical (unpaired) electrons. The molecule has 0 aliphatic rings. The summed E-state index contributed by atoms with van der Waals surface area (Å²) < 4.78 is 0. The van der Waals surface area contributed by atoms with Crippen LogP contribution in [0.5, 0.6) is 0 Å². The molecule has 1 heteroatoms. The SMILES string of the molecule is Cc1cccc(C)c1CNC(c1ccccc1)C(C)C. The monoisotopic (exact) mass is 267 g/mol. The fourth-order valence-corrected chi connectivity index (χ4v) is 2.74. The molecule has 0 aromatic heterocycles. The van der Waals surface area contributed by atoms with E-state index in [4.69, 9.17) is 0 Å². The summed E-state index contributed by atoms with van der Waals surface area (Å²) in [5, 5.41) is 3.73. The van der Waals surface area contributed by atoms with E-state index in [2.05, 4.69) is 81.5 Å². The van der Waals surface area contributed by atoms with Gasteiger partial charge < -0.3 is 5.32 Å². The highest BCUT2D eigenvalue weighted by Crippen LogP contribution is 2.23. The summed E-state index contributed by atoms with van der Waals surface area (Å²) in [6.45, 7) is 9.86. The molecule has 2 aromatic carbocycles. The summed E-state index contributed by atoms with van der Waals surface area (Å²) in [4.78, 5) is 0. The lowest BCUT2D eigenvalue weighted by Crippen LogP contribution is -2.26. The highest BCUT2D eigenvalue weighted by Gasteiger charge is 2.15. The smallest absolute Gasteiger partial charge is 0.0346 e. The van der Waals surface area contributed by atoms with Gasteiger partial charge in [-0.15, -0.1) is 0 Å². The van der Waals surface area contributed by atoms with E-state index in [0.717, 1.165) is 6.54 Å². The Bertz CT molecular complexity index is 523. The predicted octanol–water partition coefficient (Wildman–Crippen LogP) is 4.79. The fraction of sp³-hybridized carbons (Fsp3) is 0.368. The Labute approximate surface area is 123 Å². The lowest BCUT2D eigenvalue weighted by atomic mass is 9.95. The summed E-state index contributed by atoms with van der Waals surface area (Å²) >= 11 is 0. The number of benzene rings is 2. The van der Waals surface area contributed by atoms with Gasteiger partial charge in [-0.05, 0) is 42.0 Å². The van der Waals surface area contributed by atoms with Crippen molar-refractivity contribution >= 4 is 0 Å². The summed E-state index contributed by atoms with van der Waals surface area (Å²) in [6, 6.07) is 17.6. The van der Waals surface area contributed by atoms with Crippen LogP contribution in [0.15, 0.2) is 48.5 Å². The van der Waals surface area contributed by atoms with Gasteiger partial charge in [-0.25, -0.2) is 0 Å². The van der Waals surface area contributed by atoms with Crippen LogP contribution in [0.1, 0.15) is 42.1 Å². The van der Waals surface area contributed by atoms with E-state index in [1.54, 1.807) is 0 Å². The molecule has 0 bridgehead atoms. The van der Waals surface area contributed by atoms with Gasteiger partial charge in [0.05, 0.1) is 0 Å². The topological polar surface area (TPSA) is 12.0 Å². The van der Waals surface area contributed by atoms with Crippen molar-refractivity contribution in [2.45, 2.75) is 40.3 Å². The highest BCUT2D eigenvalue weighted by molar-refractivity contribution is 5.33. The van der Waals surface area contributed by atoms with E-state index in [1.165, 1.54) is 22.3 Å². The van der Waals surface area contributed by atoms with Gasteiger partial charge in [-0.2, -0.15) is 0 Å². The van der Waals surface area contributed by atoms with Gasteiger partial charge in [0.2, 0.25) is 0 Å². The molecular weight excluding hydrogens is 242 g/mol. The van der Waals surface area contributed by atoms with Crippen LogP contribution >= 0.6 is 0 Å². The minimum absolute atomic E-state index is 0.398. The minimum Gasteiger partial charge on any atom is -0.306 e. The van der Waals surface area contributed by atoms with E-state index >= 15 is 0 Å². The van der Waals surface area contributed by atoms with Gasteiger partial charge in [0, 0.05) is 12.6 Å². The molecule has 1 nitrogen and oxygen atoms in total. The van der Waals surface area contributed by atoms with Gasteiger partial charge in [0.25, 0.3) is 0 Å². The third-order valence-corrected chi connectivity index (χ3v) is 3.97. The van der Waals surface area contributed by atoms with Gasteiger partial charge in [0.15, 0.2) is 0 Å². The Kier molecular flexibility index (Phi) is 4.97. The number of rotatable bonds is 5. The Morgan fingerprint density at radius 1 is 0.850 bits per heavy atom. The first-order chi connectivity index (χ1) is 9.59. The largest absolute Gasteiger partial charge is 0.306 e. The molecule has 106 valence electrons. The predicted molar refractivity (Wildman–Crippen MR) is 86.8 cm³/mol. The standard InChI is InChI=1S/C19H25N/c1-14(2)19(17-11-6-5-7-12-17)20-13-18-15(3)9-8-10-16(18)4/h5-12,14,19-20H,13H2,1-4H3. The van der Waals surface area contributed by atoms with Gasteiger partial charge in [-0.1, -0.05) is 62.4 Å². The van der Waals surface area contributed by atoms with Crippen molar-refractivity contribution in [1.29, 1.82) is 0 Å². The third-order valence-electron chi connectivity index (χ3n) is 3.97. The highest BCUT2D eigenvalue weighted by atomic mass is 14.9. The van der Waals surface area contributed by atoms with Crippen LogP contribution in [0.3, 0.4) is 0 Å². The second kappa shape index (κ2) is 6.71. The number of hydrogen-bond donors (Lipinski definition) is 1. The summed E-state index contributed by atoms with van der Waals surface area (Å²) in [5.41, 5.74) is 5.53. The normalized spacial score (nSPS) is 12.7. The Balaban J connectivity index is 2.15. The Morgan fingerprint density at radius 2 is 1.45 bits per heavy atom. The molecule has 2 aromatic rings. The molecular formula is C19H25N. The molecule has 1 atom stereocenters. The molecule has 0 saturated carbocycles. The molecule has 0 aliphatic heterocycles. The maximum absolute atomic E-state index is 3.73. The summed E-state index contributed by atoms with van der Waals surface area (Å²) in [5.74, 6) is 0.571. The molecule has 0 amide bonds. The van der Waals surface area contributed by atoms with Crippen molar-refractivity contribution in [3.05, 3.63) is 70.8 Å². The van der Waals surface area contributed by atoms with Crippen LogP contribution in [0.25, 0.3) is 0 Å². The van der Waals surface area contributed by atoms with Crippen molar-refractivity contribution in [3.8, 4) is 0 Å². The first-order valence-corrected chi connectivity index (χ1v) is 7.43. The lowest BCUT2D eigenvalue weighted by Gasteiger charge is -2.24. The first-order valence-electron chi connectivity index (χ1n) is 7.43. The number of hydrogen-bond acceptors (Lipinski definition) is 1. The molecule has 20 heavy (non-hydrogen) atoms. The van der Waals surface area contributed by atoms with Crippen LogP contribution in [-0.2, 0) is 6.54 Å². The van der Waals surface area contributed by atoms with E-state index in [0.29, 0.717) is 12.0 Å². The van der Waals surface area contributed by atoms with E-state index in [1.807, 2.05) is 0 Å². The van der Waals surface area contributed by atoms with Crippen molar-refractivity contribution in [3.63, 3.8) is 0 Å². The van der Waals surface area contributed by atoms with Crippen LogP contribution in [0.2, 0.25) is 0 Å². The van der Waals surface area contributed by atoms with Crippen LogP contribution < -0.4 is 5.32 Å². The summed E-state index contributed by atoms with van der Waals surface area (Å²) in [7, 11) is 0. The summed E-state index contributed by atoms with van der Waals surface area (Å²) in [6.07, 6.45) is 0. The minimum atomic E-state index is 0.398. The lowest BCUT2D eigenvalue weighted by molar-refractivity contribution is 0.410. The molecule has 0 fully saturated rings. The maximum Gasteiger partial charge on any atom is 0.0346 e. The average molecular weight is 267 g/mol. The molecule has 0 heterocycles. The Morgan fingerprint density at radius 3 is 2.00 bits per heavy atom. The zero-order valence-electron chi connectivity index (χ0n) is 13.0. The molecule has 0 spiro atoms. The third kappa shape index (κ3) is 3.49. The zero-order chi connectivity index (χ0) is 14.5. The quantitative estimate of drug-likeness (QED) is 0.821. The number of nitrogens with one attached hydrogen (secondary N) is 1. The van der Waals surface area contributed by atoms with Crippen LogP contribution in [0, 0.1) is 19.8 Å². The van der Waals surface area contributed by atoms with Crippen LogP contribution in [0.4, 0.5) is 0 Å². The maximum atomic E-state index is 3.73. The van der Waals surface area contributed by atoms with Crippen molar-refractivity contribution in [2.75, 3.05) is 0 Å². The zero-order valence-corrected chi connectivity index (χ0v) is 13.0. The van der Waals surface area contributed by atoms with Gasteiger partial charge in [-0.3, -0.25) is 0 Å². The molecule has 0 saturated heterocycles. The second-order valence-corrected chi connectivity index (χ2v) is 5.88. The average Bonchev–Trinajstić information content (AvgIpc) is 2.43. The first kappa shape index (κ1) is 14.8. The molecule has 0 aliphatic carbocycles. The molecule has 1 unspecified atom stereocenters. The van der Waals surface area contributed by atoms with Crippen molar-refractivity contribution in [1.82, 2.24) is 5.32 Å². The fourth-order valence-electron chi connectivity index (χ4n) is 2.74. The van der Waals surface area contributed by atoms with Crippen molar-refractivity contribution in [2.24, 2.45) is 5.92 Å². The van der Waals surface area contributed by atoms with Gasteiger partial charge in [0.1, 0.15) is 0 Å². The van der Waals surface area contributed by atoms with E-state index in [9.17, 15) is 0 Å². The molecule has 1 N–H and O–H groups in total.